The van der Waals surface area contributed by atoms with Gasteiger partial charge in [-0.15, -0.1) is 0 Å². The molecule has 0 amide bonds. The van der Waals surface area contributed by atoms with Crippen molar-refractivity contribution in [1.82, 2.24) is 15.5 Å². The lowest BCUT2D eigenvalue weighted by Crippen LogP contribution is -2.28. The van der Waals surface area contributed by atoms with Crippen LogP contribution in [-0.4, -0.2) is 28.5 Å². The van der Waals surface area contributed by atoms with Crippen LogP contribution < -0.4 is 5.32 Å². The summed E-state index contributed by atoms with van der Waals surface area (Å²) in [5.74, 6) is 2.84. The molecule has 1 aliphatic carbocycles. The monoisotopic (exact) mass is 297 g/mol. The van der Waals surface area contributed by atoms with E-state index in [4.69, 9.17) is 4.52 Å². The third-order valence-corrected chi connectivity index (χ3v) is 5.67. The number of aromatic nitrogens is 2. The van der Waals surface area contributed by atoms with Gasteiger partial charge < -0.3 is 9.84 Å². The lowest BCUT2D eigenvalue weighted by molar-refractivity contribution is 0.320. The molecule has 2 unspecified atom stereocenters. The average molecular weight is 297 g/mol. The van der Waals surface area contributed by atoms with Gasteiger partial charge in [-0.2, -0.15) is 16.7 Å². The third kappa shape index (κ3) is 4.22. The second-order valence-corrected chi connectivity index (χ2v) is 7.00. The molecule has 2 atom stereocenters. The van der Waals surface area contributed by atoms with E-state index in [0.717, 1.165) is 29.1 Å². The Morgan fingerprint density at radius 1 is 1.35 bits per heavy atom. The standard InChI is InChI=1S/C15H27N3OS/c1-4-13(11(2)16-3)15-17-14(18-19-15)10-20-12-8-6-5-7-9-12/h11-13,16H,4-10H2,1-3H3. The molecular weight excluding hydrogens is 270 g/mol. The van der Waals surface area contributed by atoms with E-state index in [2.05, 4.69) is 29.3 Å². The Kier molecular flexibility index (Phi) is 6.36. The van der Waals surface area contributed by atoms with Gasteiger partial charge in [0.05, 0.1) is 11.7 Å². The first kappa shape index (κ1) is 15.8. The predicted octanol–water partition coefficient (Wildman–Crippen LogP) is 3.74. The van der Waals surface area contributed by atoms with Crippen LogP contribution in [0.25, 0.3) is 0 Å². The summed E-state index contributed by atoms with van der Waals surface area (Å²) in [6, 6.07) is 0.360. The van der Waals surface area contributed by atoms with Crippen molar-refractivity contribution in [2.24, 2.45) is 0 Å². The van der Waals surface area contributed by atoms with Crippen molar-refractivity contribution in [3.63, 3.8) is 0 Å². The fraction of sp³-hybridized carbons (Fsp3) is 0.867. The fourth-order valence-corrected chi connectivity index (χ4v) is 4.01. The highest BCUT2D eigenvalue weighted by Gasteiger charge is 2.23. The summed E-state index contributed by atoms with van der Waals surface area (Å²) in [7, 11) is 1.98. The van der Waals surface area contributed by atoms with Crippen LogP contribution in [0.4, 0.5) is 0 Å². The largest absolute Gasteiger partial charge is 0.339 e. The number of nitrogens with zero attached hydrogens (tertiary/aromatic N) is 2. The molecule has 1 heterocycles. The summed E-state index contributed by atoms with van der Waals surface area (Å²) >= 11 is 2.00. The number of thioether (sulfide) groups is 1. The van der Waals surface area contributed by atoms with Crippen molar-refractivity contribution in [2.45, 2.75) is 75.3 Å². The van der Waals surface area contributed by atoms with E-state index in [1.807, 2.05) is 18.8 Å². The van der Waals surface area contributed by atoms with Gasteiger partial charge in [-0.3, -0.25) is 0 Å². The molecule has 0 radical (unpaired) electrons. The van der Waals surface area contributed by atoms with Gasteiger partial charge in [0.15, 0.2) is 5.82 Å². The van der Waals surface area contributed by atoms with Crippen molar-refractivity contribution in [3.05, 3.63) is 11.7 Å². The first-order valence-electron chi connectivity index (χ1n) is 7.86. The number of likely N-dealkylation sites (N-methyl/N-ethyl adjacent to an activating group) is 1. The van der Waals surface area contributed by atoms with Crippen LogP contribution in [-0.2, 0) is 5.75 Å². The van der Waals surface area contributed by atoms with Gasteiger partial charge in [0, 0.05) is 11.3 Å². The molecule has 0 aliphatic heterocycles. The van der Waals surface area contributed by atoms with Crippen molar-refractivity contribution in [2.75, 3.05) is 7.05 Å². The predicted molar refractivity (Wildman–Crippen MR) is 84.0 cm³/mol. The quantitative estimate of drug-likeness (QED) is 0.831. The second kappa shape index (κ2) is 8.03. The summed E-state index contributed by atoms with van der Waals surface area (Å²) in [6.07, 6.45) is 7.88. The van der Waals surface area contributed by atoms with Crippen LogP contribution in [0.1, 0.15) is 70.0 Å². The number of nitrogens with one attached hydrogen (secondary N) is 1. The van der Waals surface area contributed by atoms with E-state index < -0.39 is 0 Å². The van der Waals surface area contributed by atoms with Crippen molar-refractivity contribution in [1.29, 1.82) is 0 Å². The molecule has 0 saturated heterocycles. The second-order valence-electron chi connectivity index (χ2n) is 5.71. The van der Waals surface area contributed by atoms with Crippen LogP contribution in [0.3, 0.4) is 0 Å². The smallest absolute Gasteiger partial charge is 0.231 e. The van der Waals surface area contributed by atoms with Crippen LogP contribution in [0.5, 0.6) is 0 Å². The van der Waals surface area contributed by atoms with Crippen LogP contribution in [0.2, 0.25) is 0 Å². The zero-order chi connectivity index (χ0) is 14.4. The Hall–Kier alpha value is -0.550. The zero-order valence-electron chi connectivity index (χ0n) is 12.9. The van der Waals surface area contributed by atoms with Gasteiger partial charge >= 0.3 is 0 Å². The molecule has 1 aromatic heterocycles. The van der Waals surface area contributed by atoms with Gasteiger partial charge in [0.25, 0.3) is 0 Å². The van der Waals surface area contributed by atoms with E-state index in [1.54, 1.807) is 0 Å². The van der Waals surface area contributed by atoms with Gasteiger partial charge in [-0.05, 0) is 33.2 Å². The minimum atomic E-state index is 0.306. The molecule has 20 heavy (non-hydrogen) atoms. The Labute approximate surface area is 126 Å². The molecule has 1 aromatic rings. The maximum Gasteiger partial charge on any atom is 0.231 e. The maximum atomic E-state index is 5.47. The first-order valence-corrected chi connectivity index (χ1v) is 8.90. The summed E-state index contributed by atoms with van der Waals surface area (Å²) < 4.78 is 5.47. The van der Waals surface area contributed by atoms with Crippen LogP contribution >= 0.6 is 11.8 Å². The summed E-state index contributed by atoms with van der Waals surface area (Å²) in [5, 5.41) is 8.22. The Morgan fingerprint density at radius 3 is 2.75 bits per heavy atom. The number of hydrogen-bond acceptors (Lipinski definition) is 5. The third-order valence-electron chi connectivity index (χ3n) is 4.30. The maximum absolute atomic E-state index is 5.47. The normalized spacial score (nSPS) is 19.9. The fourth-order valence-electron chi connectivity index (χ4n) is 2.84. The zero-order valence-corrected chi connectivity index (χ0v) is 13.7. The van der Waals surface area contributed by atoms with E-state index in [-0.39, 0.29) is 0 Å². The SMILES string of the molecule is CCC(c1nc(CSC2CCCCC2)no1)C(C)NC. The highest BCUT2D eigenvalue weighted by atomic mass is 32.2. The van der Waals surface area contributed by atoms with Crippen molar-refractivity contribution in [3.8, 4) is 0 Å². The molecule has 0 spiro atoms. The lowest BCUT2D eigenvalue weighted by atomic mass is 9.98. The Bertz CT molecular complexity index is 390. The molecule has 1 fully saturated rings. The molecule has 114 valence electrons. The van der Waals surface area contributed by atoms with E-state index in [1.165, 1.54) is 32.1 Å². The van der Waals surface area contributed by atoms with Gasteiger partial charge in [-0.25, -0.2) is 0 Å². The molecule has 4 nitrogen and oxygen atoms in total. The van der Waals surface area contributed by atoms with E-state index in [9.17, 15) is 0 Å². The molecular formula is C15H27N3OS. The van der Waals surface area contributed by atoms with Crippen molar-refractivity contribution < 1.29 is 4.52 Å². The van der Waals surface area contributed by atoms with Crippen molar-refractivity contribution >= 4 is 11.8 Å². The Balaban J connectivity index is 1.87. The number of rotatable bonds is 7. The molecule has 1 N–H and O–H groups in total. The van der Waals surface area contributed by atoms with Gasteiger partial charge in [0.1, 0.15) is 0 Å². The number of hydrogen-bond donors (Lipinski definition) is 1. The van der Waals surface area contributed by atoms with E-state index >= 15 is 0 Å². The molecule has 2 rings (SSSR count). The molecule has 5 heteroatoms. The van der Waals surface area contributed by atoms with E-state index in [0.29, 0.717) is 12.0 Å². The molecule has 1 saturated carbocycles. The lowest BCUT2D eigenvalue weighted by Gasteiger charge is -2.20. The minimum Gasteiger partial charge on any atom is -0.339 e. The average Bonchev–Trinajstić information content (AvgIpc) is 2.95. The first-order chi connectivity index (χ1) is 9.74. The van der Waals surface area contributed by atoms with Crippen LogP contribution in [0.15, 0.2) is 4.52 Å². The summed E-state index contributed by atoms with van der Waals surface area (Å²) in [5.41, 5.74) is 0. The topological polar surface area (TPSA) is 51.0 Å². The highest BCUT2D eigenvalue weighted by Crippen LogP contribution is 2.30. The summed E-state index contributed by atoms with van der Waals surface area (Å²) in [6.45, 7) is 4.33. The molecule has 1 aliphatic rings. The molecule has 0 bridgehead atoms. The highest BCUT2D eigenvalue weighted by molar-refractivity contribution is 7.99. The van der Waals surface area contributed by atoms with Gasteiger partial charge in [-0.1, -0.05) is 31.3 Å². The minimum absolute atomic E-state index is 0.306. The molecule has 0 aromatic carbocycles. The Morgan fingerprint density at radius 2 is 2.10 bits per heavy atom. The van der Waals surface area contributed by atoms with Gasteiger partial charge in [0.2, 0.25) is 5.89 Å². The summed E-state index contributed by atoms with van der Waals surface area (Å²) in [4.78, 5) is 4.60. The van der Waals surface area contributed by atoms with Crippen LogP contribution in [0, 0.1) is 0 Å².